The topological polar surface area (TPSA) is 60.8 Å². The molecule has 0 saturated carbocycles. The Hall–Kier alpha value is -0.490. The van der Waals surface area contributed by atoms with Crippen molar-refractivity contribution in [3.05, 3.63) is 0 Å². The molecule has 0 fully saturated rings. The van der Waals surface area contributed by atoms with Gasteiger partial charge in [-0.15, -0.1) is 0 Å². The summed E-state index contributed by atoms with van der Waals surface area (Å²) in [6.07, 6.45) is -1.83. The van der Waals surface area contributed by atoms with Crippen LogP contribution in [0.5, 0.6) is 0 Å². The van der Waals surface area contributed by atoms with E-state index in [1.165, 1.54) is 0 Å². The van der Waals surface area contributed by atoms with Crippen LogP contribution in [0.3, 0.4) is 0 Å². The number of carbonyl (C=O) groups is 1. The molecule has 14 heavy (non-hydrogen) atoms. The van der Waals surface area contributed by atoms with E-state index in [0.717, 1.165) is 23.2 Å². The Labute approximate surface area is 94.3 Å². The summed E-state index contributed by atoms with van der Waals surface area (Å²) in [5, 5.41) is 13.9. The Kier molecular flexibility index (Phi) is 12.1. The molecule has 0 unspecified atom stereocenters. The third-order valence-corrected chi connectivity index (χ3v) is 2.70. The van der Waals surface area contributed by atoms with Gasteiger partial charge in [0.05, 0.1) is 0 Å². The van der Waals surface area contributed by atoms with Crippen molar-refractivity contribution in [2.24, 2.45) is 0 Å². The van der Waals surface area contributed by atoms with Crippen molar-refractivity contribution in [3.8, 4) is 0 Å². The highest BCUT2D eigenvalue weighted by Gasteiger charge is 2.02. The molecule has 0 aliphatic carbocycles. The summed E-state index contributed by atoms with van der Waals surface area (Å²) in [4.78, 5) is 10.8. The molecule has 0 aliphatic rings. The zero-order chi connectivity index (χ0) is 11.6. The molecule has 6 heteroatoms. The highest BCUT2D eigenvalue weighted by atomic mass is 32.2. The maximum atomic E-state index is 8.56. The molecule has 0 aliphatic heterocycles. The third kappa shape index (κ3) is 11.5. The maximum absolute atomic E-state index is 8.56. The molecular formula is C8H17NO3S2. The Morgan fingerprint density at radius 2 is 1.64 bits per heavy atom. The van der Waals surface area contributed by atoms with Crippen LogP contribution in [0.2, 0.25) is 0 Å². The highest BCUT2D eigenvalue weighted by molar-refractivity contribution is 8.22. The minimum Gasteiger partial charge on any atom is -0.450 e. The molecule has 0 aromatic heterocycles. The number of nitrogens with zero attached hydrogens (tertiary/aromatic N) is 1. The second-order valence-electron chi connectivity index (χ2n) is 2.15. The van der Waals surface area contributed by atoms with E-state index in [-0.39, 0.29) is 0 Å². The van der Waals surface area contributed by atoms with Crippen molar-refractivity contribution in [2.75, 3.05) is 18.8 Å². The Morgan fingerprint density at radius 1 is 1.29 bits per heavy atom. The zero-order valence-corrected chi connectivity index (χ0v) is 10.3. The van der Waals surface area contributed by atoms with Crippen molar-refractivity contribution >= 4 is 34.5 Å². The van der Waals surface area contributed by atoms with Gasteiger partial charge in [-0.1, -0.05) is 30.9 Å². The van der Waals surface area contributed by atoms with Crippen LogP contribution in [0, 0.1) is 0 Å². The largest absolute Gasteiger partial charge is 0.503 e. The van der Waals surface area contributed by atoms with E-state index >= 15 is 0 Å². The molecule has 0 aromatic carbocycles. The number of carboxylic acid groups (broad SMARTS) is 2. The first-order valence-electron chi connectivity index (χ1n) is 4.33. The fourth-order valence-electron chi connectivity index (χ4n) is 0.697. The van der Waals surface area contributed by atoms with Crippen LogP contribution in [0.4, 0.5) is 4.79 Å². The van der Waals surface area contributed by atoms with E-state index in [1.54, 1.807) is 11.8 Å². The lowest BCUT2D eigenvalue weighted by atomic mass is 10.6. The summed E-state index contributed by atoms with van der Waals surface area (Å²) < 4.78 is 1.03. The molecular weight excluding hydrogens is 222 g/mol. The summed E-state index contributed by atoms with van der Waals surface area (Å²) in [6, 6.07) is 0. The SMILES string of the molecule is CCSC(=S)N(CC)CC.O=C(O)O. The second kappa shape index (κ2) is 10.6. The fourth-order valence-corrected chi connectivity index (χ4v) is 2.00. The van der Waals surface area contributed by atoms with Gasteiger partial charge in [0, 0.05) is 13.1 Å². The zero-order valence-electron chi connectivity index (χ0n) is 8.69. The van der Waals surface area contributed by atoms with Gasteiger partial charge >= 0.3 is 6.16 Å². The van der Waals surface area contributed by atoms with Crippen LogP contribution in [0.25, 0.3) is 0 Å². The van der Waals surface area contributed by atoms with Crippen molar-refractivity contribution in [1.82, 2.24) is 4.90 Å². The Balaban J connectivity index is 0. The molecule has 0 heterocycles. The van der Waals surface area contributed by atoms with Gasteiger partial charge < -0.3 is 15.1 Å². The predicted octanol–water partition coefficient (Wildman–Crippen LogP) is 2.59. The first kappa shape index (κ1) is 16.0. The van der Waals surface area contributed by atoms with E-state index in [9.17, 15) is 0 Å². The van der Waals surface area contributed by atoms with Crippen LogP contribution in [0.15, 0.2) is 0 Å². The number of thioether (sulfide) groups is 1. The summed E-state index contributed by atoms with van der Waals surface area (Å²) >= 11 is 6.91. The summed E-state index contributed by atoms with van der Waals surface area (Å²) in [7, 11) is 0. The average Bonchev–Trinajstić information content (AvgIpc) is 2.06. The highest BCUT2D eigenvalue weighted by Crippen LogP contribution is 2.07. The molecule has 0 aromatic rings. The molecule has 4 nitrogen and oxygen atoms in total. The fraction of sp³-hybridized carbons (Fsp3) is 0.750. The van der Waals surface area contributed by atoms with E-state index < -0.39 is 6.16 Å². The minimum atomic E-state index is -1.83. The summed E-state index contributed by atoms with van der Waals surface area (Å²) in [6.45, 7) is 8.45. The first-order chi connectivity index (χ1) is 6.49. The van der Waals surface area contributed by atoms with Crippen molar-refractivity contribution < 1.29 is 15.0 Å². The van der Waals surface area contributed by atoms with Crippen LogP contribution in [-0.2, 0) is 0 Å². The third-order valence-electron chi connectivity index (χ3n) is 1.29. The molecule has 0 radical (unpaired) electrons. The Morgan fingerprint density at radius 3 is 1.86 bits per heavy atom. The molecule has 0 atom stereocenters. The van der Waals surface area contributed by atoms with Gasteiger partial charge in [0.25, 0.3) is 0 Å². The van der Waals surface area contributed by atoms with Gasteiger partial charge in [-0.05, 0) is 19.6 Å². The van der Waals surface area contributed by atoms with E-state index in [2.05, 4.69) is 25.7 Å². The quantitative estimate of drug-likeness (QED) is 0.738. The number of thiocarbonyl (C=S) groups is 1. The van der Waals surface area contributed by atoms with Gasteiger partial charge in [-0.2, -0.15) is 0 Å². The van der Waals surface area contributed by atoms with E-state index in [1.807, 2.05) is 0 Å². The smallest absolute Gasteiger partial charge is 0.450 e. The van der Waals surface area contributed by atoms with E-state index in [0.29, 0.717) is 0 Å². The van der Waals surface area contributed by atoms with Crippen molar-refractivity contribution in [2.45, 2.75) is 20.8 Å². The molecule has 2 N–H and O–H groups in total. The maximum Gasteiger partial charge on any atom is 0.503 e. The van der Waals surface area contributed by atoms with Crippen LogP contribution >= 0.6 is 24.0 Å². The average molecular weight is 239 g/mol. The van der Waals surface area contributed by atoms with Gasteiger partial charge in [0.1, 0.15) is 4.32 Å². The lowest BCUT2D eigenvalue weighted by Gasteiger charge is -2.20. The van der Waals surface area contributed by atoms with Crippen molar-refractivity contribution in [1.29, 1.82) is 0 Å². The minimum absolute atomic E-state index is 1.03. The van der Waals surface area contributed by atoms with Gasteiger partial charge in [0.15, 0.2) is 0 Å². The Bertz CT molecular complexity index is 168. The standard InChI is InChI=1S/C7H15NS2.CH2O3/c1-4-8(5-2)7(9)10-6-3;2-1(3)4/h4-6H2,1-3H3;(H2,2,3,4). The van der Waals surface area contributed by atoms with Crippen LogP contribution in [-0.4, -0.2) is 44.4 Å². The number of hydrogen-bond donors (Lipinski definition) is 2. The number of rotatable bonds is 3. The molecule has 84 valence electrons. The normalized spacial score (nSPS) is 8.50. The molecule has 0 rings (SSSR count). The summed E-state index contributed by atoms with van der Waals surface area (Å²) in [5.41, 5.74) is 0. The molecule has 0 spiro atoms. The van der Waals surface area contributed by atoms with Crippen LogP contribution in [0.1, 0.15) is 20.8 Å². The van der Waals surface area contributed by atoms with Crippen molar-refractivity contribution in [3.63, 3.8) is 0 Å². The van der Waals surface area contributed by atoms with Gasteiger partial charge in [-0.25, -0.2) is 4.79 Å². The summed E-state index contributed by atoms with van der Waals surface area (Å²) in [5.74, 6) is 1.08. The molecule has 0 saturated heterocycles. The predicted molar refractivity (Wildman–Crippen MR) is 64.3 cm³/mol. The monoisotopic (exact) mass is 239 g/mol. The number of hydrogen-bond acceptors (Lipinski definition) is 3. The lowest BCUT2D eigenvalue weighted by molar-refractivity contribution is 0.137. The lowest BCUT2D eigenvalue weighted by Crippen LogP contribution is -2.26. The van der Waals surface area contributed by atoms with Gasteiger partial charge in [0.2, 0.25) is 0 Å². The molecule has 0 bridgehead atoms. The molecule has 0 amide bonds. The van der Waals surface area contributed by atoms with Crippen LogP contribution < -0.4 is 0 Å². The first-order valence-corrected chi connectivity index (χ1v) is 5.72. The van der Waals surface area contributed by atoms with E-state index in [4.69, 9.17) is 27.2 Å². The second-order valence-corrected chi connectivity index (χ2v) is 4.05. The van der Waals surface area contributed by atoms with Gasteiger partial charge in [-0.3, -0.25) is 0 Å².